The molecule has 2 fully saturated rings. The van der Waals surface area contributed by atoms with E-state index in [2.05, 4.69) is 67.5 Å². The minimum atomic E-state index is -0.141. The second-order valence-corrected chi connectivity index (χ2v) is 11.6. The molecular formula is C34H37N5O4. The number of aromatic nitrogens is 2. The van der Waals surface area contributed by atoms with Gasteiger partial charge in [0.05, 0.1) is 13.7 Å². The third-order valence-corrected chi connectivity index (χ3v) is 8.69. The van der Waals surface area contributed by atoms with Gasteiger partial charge in [0.2, 0.25) is 11.4 Å². The maximum Gasteiger partial charge on any atom is 0.249 e. The summed E-state index contributed by atoms with van der Waals surface area (Å²) in [7, 11) is 1.64. The van der Waals surface area contributed by atoms with Crippen LogP contribution >= 0.6 is 0 Å². The molecule has 4 aromatic rings. The molecule has 0 saturated carbocycles. The lowest BCUT2D eigenvalue weighted by atomic mass is 9.95. The van der Waals surface area contributed by atoms with Gasteiger partial charge in [-0.2, -0.15) is 0 Å². The summed E-state index contributed by atoms with van der Waals surface area (Å²) in [5, 5.41) is 3.78. The van der Waals surface area contributed by atoms with Gasteiger partial charge in [-0.05, 0) is 48.2 Å². The van der Waals surface area contributed by atoms with Gasteiger partial charge in [-0.25, -0.2) is 4.98 Å². The van der Waals surface area contributed by atoms with Crippen molar-refractivity contribution in [3.05, 3.63) is 106 Å². The first-order chi connectivity index (χ1) is 21.1. The average molecular weight is 580 g/mol. The third-order valence-electron chi connectivity index (χ3n) is 8.69. The maximum absolute atomic E-state index is 11.9. The van der Waals surface area contributed by atoms with Crippen LogP contribution in [0.2, 0.25) is 0 Å². The molecule has 0 spiro atoms. The van der Waals surface area contributed by atoms with Gasteiger partial charge in [0.15, 0.2) is 0 Å². The van der Waals surface area contributed by atoms with Crippen molar-refractivity contribution in [3.63, 3.8) is 0 Å². The molecule has 0 aliphatic carbocycles. The number of pyridine rings is 2. The fourth-order valence-corrected chi connectivity index (χ4v) is 6.40. The number of aromatic amines is 1. The summed E-state index contributed by atoms with van der Waals surface area (Å²) < 4.78 is 18.0. The predicted molar refractivity (Wildman–Crippen MR) is 166 cm³/mol. The SMILES string of the molecule is COc1ccc(CN2CCC(Nc3ccc4c(c3)Cc3cccc(C5CN(c6cc[nH]c(=O)c6)CCO5)c3O4)CC2)cn1. The van der Waals surface area contributed by atoms with Crippen LogP contribution in [0.3, 0.4) is 0 Å². The van der Waals surface area contributed by atoms with E-state index in [0.717, 1.165) is 73.9 Å². The summed E-state index contributed by atoms with van der Waals surface area (Å²) >= 11 is 0. The topological polar surface area (TPSA) is 92.0 Å². The zero-order valence-corrected chi connectivity index (χ0v) is 24.4. The molecule has 3 aliphatic rings. The summed E-state index contributed by atoms with van der Waals surface area (Å²) in [5.74, 6) is 2.45. The van der Waals surface area contributed by atoms with Crippen molar-refractivity contribution in [3.8, 4) is 17.4 Å². The number of H-pyrrole nitrogens is 1. The lowest BCUT2D eigenvalue weighted by molar-refractivity contribution is 0.0384. The number of nitrogens with zero attached hydrogens (tertiary/aromatic N) is 3. The highest BCUT2D eigenvalue weighted by molar-refractivity contribution is 5.59. The van der Waals surface area contributed by atoms with Crippen molar-refractivity contribution in [1.82, 2.24) is 14.9 Å². The fourth-order valence-electron chi connectivity index (χ4n) is 6.40. The molecular weight excluding hydrogens is 542 g/mol. The molecule has 2 aromatic carbocycles. The van der Waals surface area contributed by atoms with E-state index < -0.39 is 0 Å². The Bertz CT molecular complexity index is 1630. The van der Waals surface area contributed by atoms with E-state index in [1.807, 2.05) is 18.3 Å². The number of ether oxygens (including phenoxy) is 3. The molecule has 43 heavy (non-hydrogen) atoms. The predicted octanol–water partition coefficient (Wildman–Crippen LogP) is 5.13. The smallest absolute Gasteiger partial charge is 0.249 e. The fraction of sp³-hybridized carbons (Fsp3) is 0.353. The number of benzene rings is 2. The number of likely N-dealkylation sites (tertiary alicyclic amines) is 1. The van der Waals surface area contributed by atoms with E-state index in [1.54, 1.807) is 19.4 Å². The number of nitrogens with one attached hydrogen (secondary N) is 2. The summed E-state index contributed by atoms with van der Waals surface area (Å²) in [6.07, 6.45) is 6.47. The van der Waals surface area contributed by atoms with Crippen LogP contribution in [0.15, 0.2) is 77.9 Å². The van der Waals surface area contributed by atoms with Gasteiger partial charge in [0.25, 0.3) is 0 Å². The minimum absolute atomic E-state index is 0.0978. The molecule has 3 aliphatic heterocycles. The molecule has 9 nitrogen and oxygen atoms in total. The Morgan fingerprint density at radius 1 is 1.05 bits per heavy atom. The average Bonchev–Trinajstić information content (AvgIpc) is 3.05. The van der Waals surface area contributed by atoms with Crippen molar-refractivity contribution in [1.29, 1.82) is 0 Å². The molecule has 0 amide bonds. The van der Waals surface area contributed by atoms with E-state index in [0.29, 0.717) is 25.1 Å². The molecule has 1 unspecified atom stereocenters. The van der Waals surface area contributed by atoms with E-state index in [4.69, 9.17) is 14.2 Å². The monoisotopic (exact) mass is 579 g/mol. The summed E-state index contributed by atoms with van der Waals surface area (Å²) in [6, 6.07) is 20.8. The first kappa shape index (κ1) is 27.5. The first-order valence-electron chi connectivity index (χ1n) is 15.1. The Balaban J connectivity index is 0.985. The molecule has 9 heteroatoms. The van der Waals surface area contributed by atoms with Crippen LogP contribution in [0.5, 0.6) is 17.4 Å². The van der Waals surface area contributed by atoms with Crippen LogP contribution in [0, 0.1) is 0 Å². The van der Waals surface area contributed by atoms with Gasteiger partial charge in [-0.3, -0.25) is 9.69 Å². The van der Waals surface area contributed by atoms with Crippen LogP contribution in [0.4, 0.5) is 11.4 Å². The number of fused-ring (bicyclic) bond motifs is 2. The maximum atomic E-state index is 11.9. The van der Waals surface area contributed by atoms with E-state index in [9.17, 15) is 4.79 Å². The number of hydrogen-bond acceptors (Lipinski definition) is 8. The Kier molecular flexibility index (Phi) is 7.74. The van der Waals surface area contributed by atoms with Crippen molar-refractivity contribution in [2.24, 2.45) is 0 Å². The standard InChI is InChI=1S/C34H37N5O4/c1-41-33-8-5-23(20-36-33)21-38-13-10-26(11-14-38)37-27-6-7-30-25(18-27)17-24-3-2-4-29(34(24)43-30)31-22-39(15-16-42-31)28-9-12-35-32(40)19-28/h2-9,12,18-20,26,31,37H,10-11,13-17,21-22H2,1H3,(H,35,40). The highest BCUT2D eigenvalue weighted by Crippen LogP contribution is 2.43. The van der Waals surface area contributed by atoms with E-state index >= 15 is 0 Å². The van der Waals surface area contributed by atoms with Crippen LogP contribution < -0.4 is 25.2 Å². The summed E-state index contributed by atoms with van der Waals surface area (Å²) in [6.45, 7) is 5.01. The zero-order valence-electron chi connectivity index (χ0n) is 24.4. The molecule has 0 radical (unpaired) electrons. The number of para-hydroxylation sites is 1. The molecule has 222 valence electrons. The van der Waals surface area contributed by atoms with Crippen LogP contribution in [-0.2, 0) is 17.7 Å². The summed E-state index contributed by atoms with van der Waals surface area (Å²) in [5.41, 5.74) is 6.58. The van der Waals surface area contributed by atoms with Crippen LogP contribution in [0.25, 0.3) is 0 Å². The summed E-state index contributed by atoms with van der Waals surface area (Å²) in [4.78, 5) is 23.6. The van der Waals surface area contributed by atoms with E-state index in [-0.39, 0.29) is 11.7 Å². The van der Waals surface area contributed by atoms with Crippen molar-refractivity contribution >= 4 is 11.4 Å². The van der Waals surface area contributed by atoms with Gasteiger partial charge >= 0.3 is 0 Å². The zero-order chi connectivity index (χ0) is 29.2. The Hall–Kier alpha value is -4.34. The number of morpholine rings is 1. The van der Waals surface area contributed by atoms with Gasteiger partial charge in [0.1, 0.15) is 17.6 Å². The molecule has 2 N–H and O–H groups in total. The Morgan fingerprint density at radius 3 is 2.77 bits per heavy atom. The van der Waals surface area contributed by atoms with E-state index in [1.165, 1.54) is 16.7 Å². The van der Waals surface area contributed by atoms with Crippen molar-refractivity contribution in [2.75, 3.05) is 50.1 Å². The second-order valence-electron chi connectivity index (χ2n) is 11.6. The first-order valence-corrected chi connectivity index (χ1v) is 15.1. The molecule has 5 heterocycles. The highest BCUT2D eigenvalue weighted by Gasteiger charge is 2.29. The quantitative estimate of drug-likeness (QED) is 0.274. The number of piperidine rings is 1. The number of rotatable bonds is 7. The molecule has 2 saturated heterocycles. The second kappa shape index (κ2) is 12.1. The van der Waals surface area contributed by atoms with Gasteiger partial charge in [0, 0.05) is 92.2 Å². The highest BCUT2D eigenvalue weighted by atomic mass is 16.5. The molecule has 7 rings (SSSR count). The number of anilines is 2. The largest absolute Gasteiger partial charge is 0.481 e. The van der Waals surface area contributed by atoms with Crippen LogP contribution in [-0.4, -0.2) is 60.8 Å². The minimum Gasteiger partial charge on any atom is -0.481 e. The lowest BCUT2D eigenvalue weighted by Gasteiger charge is -2.36. The van der Waals surface area contributed by atoms with Gasteiger partial charge < -0.3 is 29.4 Å². The number of methoxy groups -OCH3 is 1. The Morgan fingerprint density at radius 2 is 1.95 bits per heavy atom. The Labute approximate surface area is 251 Å². The molecule has 1 atom stereocenters. The van der Waals surface area contributed by atoms with Gasteiger partial charge in [-0.15, -0.1) is 0 Å². The number of hydrogen-bond donors (Lipinski definition) is 2. The molecule has 0 bridgehead atoms. The third kappa shape index (κ3) is 6.09. The van der Waals surface area contributed by atoms with Crippen molar-refractivity contribution < 1.29 is 14.2 Å². The molecule has 2 aromatic heterocycles. The van der Waals surface area contributed by atoms with Crippen LogP contribution in [0.1, 0.15) is 41.2 Å². The van der Waals surface area contributed by atoms with Crippen molar-refractivity contribution in [2.45, 2.75) is 38.0 Å². The lowest BCUT2D eigenvalue weighted by Crippen LogP contribution is -2.39. The van der Waals surface area contributed by atoms with Gasteiger partial charge in [-0.1, -0.05) is 24.3 Å². The normalized spacial score (nSPS) is 18.8.